The zero-order valence-electron chi connectivity index (χ0n) is 8.66. The lowest BCUT2D eigenvalue weighted by atomic mass is 9.97. The maximum absolute atomic E-state index is 11.9. The molecular weight excluding hydrogens is 208 g/mol. The SMILES string of the molecule is O=C(C[C@H]1CCCC1Cl)c1ccccc1. The average Bonchev–Trinajstić information content (AvgIpc) is 2.66. The molecule has 1 unspecified atom stereocenters. The number of hydrogen-bond acceptors (Lipinski definition) is 1. The molecule has 2 atom stereocenters. The van der Waals surface area contributed by atoms with Gasteiger partial charge in [0.2, 0.25) is 0 Å². The van der Waals surface area contributed by atoms with E-state index in [-0.39, 0.29) is 11.2 Å². The molecule has 2 rings (SSSR count). The molecule has 1 aromatic carbocycles. The third-order valence-electron chi connectivity index (χ3n) is 3.11. The second-order valence-electron chi connectivity index (χ2n) is 4.20. The minimum absolute atomic E-state index is 0.206. The van der Waals surface area contributed by atoms with Crippen LogP contribution in [0, 0.1) is 5.92 Å². The highest BCUT2D eigenvalue weighted by Gasteiger charge is 2.27. The van der Waals surface area contributed by atoms with Gasteiger partial charge in [0.05, 0.1) is 0 Å². The fourth-order valence-corrected chi connectivity index (χ4v) is 2.57. The van der Waals surface area contributed by atoms with Crippen LogP contribution in [0.5, 0.6) is 0 Å². The molecule has 2 heteroatoms. The number of rotatable bonds is 3. The van der Waals surface area contributed by atoms with Gasteiger partial charge in [-0.25, -0.2) is 0 Å². The molecule has 0 saturated heterocycles. The zero-order valence-corrected chi connectivity index (χ0v) is 9.41. The maximum atomic E-state index is 11.9. The summed E-state index contributed by atoms with van der Waals surface area (Å²) in [6.45, 7) is 0. The topological polar surface area (TPSA) is 17.1 Å². The van der Waals surface area contributed by atoms with Gasteiger partial charge in [0.1, 0.15) is 0 Å². The molecular formula is C13H15ClO. The quantitative estimate of drug-likeness (QED) is 0.564. The van der Waals surface area contributed by atoms with Crippen molar-refractivity contribution in [1.29, 1.82) is 0 Å². The van der Waals surface area contributed by atoms with Gasteiger partial charge in [0.15, 0.2) is 5.78 Å². The molecule has 1 nitrogen and oxygen atoms in total. The number of carbonyl (C=O) groups excluding carboxylic acids is 1. The largest absolute Gasteiger partial charge is 0.294 e. The molecule has 0 aliphatic heterocycles. The Hall–Kier alpha value is -0.820. The van der Waals surface area contributed by atoms with E-state index in [2.05, 4.69) is 0 Å². The first-order valence-electron chi connectivity index (χ1n) is 5.49. The van der Waals surface area contributed by atoms with Gasteiger partial charge in [-0.15, -0.1) is 11.6 Å². The summed E-state index contributed by atoms with van der Waals surface area (Å²) < 4.78 is 0. The highest BCUT2D eigenvalue weighted by molar-refractivity contribution is 6.21. The van der Waals surface area contributed by atoms with Gasteiger partial charge in [-0.1, -0.05) is 36.8 Å². The molecule has 0 N–H and O–H groups in total. The second kappa shape index (κ2) is 4.80. The van der Waals surface area contributed by atoms with E-state index in [0.717, 1.165) is 18.4 Å². The molecule has 1 fully saturated rings. The molecule has 1 aliphatic rings. The van der Waals surface area contributed by atoms with Crippen LogP contribution in [0.1, 0.15) is 36.0 Å². The summed E-state index contributed by atoms with van der Waals surface area (Å²) in [6, 6.07) is 9.48. The third-order valence-corrected chi connectivity index (χ3v) is 3.68. The Labute approximate surface area is 95.4 Å². The summed E-state index contributed by atoms with van der Waals surface area (Å²) in [6.07, 6.45) is 3.94. The predicted octanol–water partition coefficient (Wildman–Crippen LogP) is 3.67. The van der Waals surface area contributed by atoms with Gasteiger partial charge in [-0.2, -0.15) is 0 Å². The molecule has 15 heavy (non-hydrogen) atoms. The smallest absolute Gasteiger partial charge is 0.163 e. The van der Waals surface area contributed by atoms with Crippen molar-refractivity contribution in [3.8, 4) is 0 Å². The van der Waals surface area contributed by atoms with Crippen molar-refractivity contribution in [3.63, 3.8) is 0 Å². The number of halogens is 1. The number of ketones is 1. The first-order chi connectivity index (χ1) is 7.27. The molecule has 80 valence electrons. The monoisotopic (exact) mass is 222 g/mol. The van der Waals surface area contributed by atoms with Crippen LogP contribution < -0.4 is 0 Å². The van der Waals surface area contributed by atoms with E-state index in [0.29, 0.717) is 12.3 Å². The van der Waals surface area contributed by atoms with Crippen molar-refractivity contribution >= 4 is 17.4 Å². The van der Waals surface area contributed by atoms with Gasteiger partial charge in [-0.05, 0) is 18.8 Å². The van der Waals surface area contributed by atoms with Gasteiger partial charge in [0.25, 0.3) is 0 Å². The van der Waals surface area contributed by atoms with Gasteiger partial charge in [-0.3, -0.25) is 4.79 Å². The molecule has 0 heterocycles. The summed E-state index contributed by atoms with van der Waals surface area (Å²) >= 11 is 6.16. The highest BCUT2D eigenvalue weighted by Crippen LogP contribution is 2.33. The maximum Gasteiger partial charge on any atom is 0.163 e. The van der Waals surface area contributed by atoms with E-state index in [1.807, 2.05) is 30.3 Å². The molecule has 1 saturated carbocycles. The fraction of sp³-hybridized carbons (Fsp3) is 0.462. The van der Waals surface area contributed by atoms with Crippen molar-refractivity contribution in [2.75, 3.05) is 0 Å². The van der Waals surface area contributed by atoms with Crippen LogP contribution in [0.4, 0.5) is 0 Å². The molecule has 0 spiro atoms. The van der Waals surface area contributed by atoms with E-state index in [4.69, 9.17) is 11.6 Å². The van der Waals surface area contributed by atoms with Crippen molar-refractivity contribution < 1.29 is 4.79 Å². The van der Waals surface area contributed by atoms with Crippen LogP contribution in [0.25, 0.3) is 0 Å². The van der Waals surface area contributed by atoms with Crippen LogP contribution in [0.3, 0.4) is 0 Å². The van der Waals surface area contributed by atoms with E-state index >= 15 is 0 Å². The van der Waals surface area contributed by atoms with Gasteiger partial charge >= 0.3 is 0 Å². The second-order valence-corrected chi connectivity index (χ2v) is 4.76. The Kier molecular flexibility index (Phi) is 3.42. The summed E-state index contributed by atoms with van der Waals surface area (Å²) in [5.74, 6) is 0.618. The van der Waals surface area contributed by atoms with Crippen molar-refractivity contribution in [2.24, 2.45) is 5.92 Å². The van der Waals surface area contributed by atoms with E-state index in [9.17, 15) is 4.79 Å². The summed E-state index contributed by atoms with van der Waals surface area (Å²) in [5, 5.41) is 0.206. The van der Waals surface area contributed by atoms with E-state index < -0.39 is 0 Å². The van der Waals surface area contributed by atoms with E-state index in [1.54, 1.807) is 0 Å². The molecule has 0 bridgehead atoms. The van der Waals surface area contributed by atoms with E-state index in [1.165, 1.54) is 6.42 Å². The van der Waals surface area contributed by atoms with Crippen LogP contribution in [-0.4, -0.2) is 11.2 Å². The third kappa shape index (κ3) is 2.60. The normalized spacial score (nSPS) is 25.4. The average molecular weight is 223 g/mol. The minimum atomic E-state index is 0.206. The molecule has 0 radical (unpaired) electrons. The lowest BCUT2D eigenvalue weighted by molar-refractivity contribution is 0.0962. The number of hydrogen-bond donors (Lipinski definition) is 0. The number of alkyl halides is 1. The summed E-state index contributed by atoms with van der Waals surface area (Å²) in [5.41, 5.74) is 0.813. The van der Waals surface area contributed by atoms with Crippen molar-refractivity contribution in [2.45, 2.75) is 31.1 Å². The Morgan fingerprint density at radius 1 is 1.27 bits per heavy atom. The molecule has 1 aromatic rings. The summed E-state index contributed by atoms with van der Waals surface area (Å²) in [4.78, 5) is 11.9. The first kappa shape index (κ1) is 10.7. The van der Waals surface area contributed by atoms with Crippen LogP contribution in [0.15, 0.2) is 30.3 Å². The highest BCUT2D eigenvalue weighted by atomic mass is 35.5. The Morgan fingerprint density at radius 2 is 2.00 bits per heavy atom. The Balaban J connectivity index is 1.98. The van der Waals surface area contributed by atoms with Gasteiger partial charge < -0.3 is 0 Å². The Bertz CT molecular complexity index is 334. The van der Waals surface area contributed by atoms with Crippen molar-refractivity contribution in [3.05, 3.63) is 35.9 Å². The lowest BCUT2D eigenvalue weighted by Gasteiger charge is -2.12. The number of benzene rings is 1. The standard InChI is InChI=1S/C13H15ClO/c14-12-8-4-7-11(12)9-13(15)10-5-2-1-3-6-10/h1-3,5-6,11-12H,4,7-9H2/t11-,12?/m1/s1. The summed E-state index contributed by atoms with van der Waals surface area (Å²) in [7, 11) is 0. The molecule has 0 aromatic heterocycles. The Morgan fingerprint density at radius 3 is 2.60 bits per heavy atom. The fourth-order valence-electron chi connectivity index (χ4n) is 2.20. The molecule has 0 amide bonds. The number of Topliss-reactive ketones (excluding diaryl/α,β-unsaturated/α-hetero) is 1. The first-order valence-corrected chi connectivity index (χ1v) is 5.93. The predicted molar refractivity (Wildman–Crippen MR) is 62.4 cm³/mol. The van der Waals surface area contributed by atoms with Gasteiger partial charge in [0, 0.05) is 17.4 Å². The lowest BCUT2D eigenvalue weighted by Crippen LogP contribution is -2.13. The van der Waals surface area contributed by atoms with Crippen LogP contribution in [-0.2, 0) is 0 Å². The molecule has 1 aliphatic carbocycles. The zero-order chi connectivity index (χ0) is 10.7. The van der Waals surface area contributed by atoms with Crippen molar-refractivity contribution in [1.82, 2.24) is 0 Å². The minimum Gasteiger partial charge on any atom is -0.294 e. The number of carbonyl (C=O) groups is 1. The van der Waals surface area contributed by atoms with Crippen LogP contribution >= 0.6 is 11.6 Å². The van der Waals surface area contributed by atoms with Crippen LogP contribution in [0.2, 0.25) is 0 Å².